The number of H-pyrrole nitrogens is 1. The van der Waals surface area contributed by atoms with Crippen molar-refractivity contribution in [3.63, 3.8) is 0 Å². The van der Waals surface area contributed by atoms with Gasteiger partial charge in [-0.2, -0.15) is 5.10 Å². The molecule has 0 atom stereocenters. The number of phenolic OH excluding ortho intramolecular Hbond substituents is 1. The van der Waals surface area contributed by atoms with Crippen LogP contribution in [-0.4, -0.2) is 47.6 Å². The van der Waals surface area contributed by atoms with Gasteiger partial charge in [0.2, 0.25) is 0 Å². The van der Waals surface area contributed by atoms with E-state index < -0.39 is 0 Å². The number of ether oxygens (including phenoxy) is 2. The van der Waals surface area contributed by atoms with Gasteiger partial charge in [0, 0.05) is 27.9 Å². The highest BCUT2D eigenvalue weighted by Gasteiger charge is 2.24. The van der Waals surface area contributed by atoms with E-state index in [1.54, 1.807) is 26.4 Å². The second kappa shape index (κ2) is 8.61. The van der Waals surface area contributed by atoms with Crippen LogP contribution in [0.5, 0.6) is 17.2 Å². The number of benzene rings is 2. The van der Waals surface area contributed by atoms with Crippen LogP contribution < -0.4 is 14.8 Å². The molecule has 8 heteroatoms. The van der Waals surface area contributed by atoms with Gasteiger partial charge in [-0.05, 0) is 62.3 Å². The van der Waals surface area contributed by atoms with E-state index in [2.05, 4.69) is 15.5 Å². The van der Waals surface area contributed by atoms with Gasteiger partial charge in [-0.1, -0.05) is 0 Å². The quantitative estimate of drug-likeness (QED) is 0.436. The molecule has 1 aliphatic heterocycles. The van der Waals surface area contributed by atoms with Gasteiger partial charge in [0.1, 0.15) is 5.75 Å². The third kappa shape index (κ3) is 3.64. The third-order valence-electron chi connectivity index (χ3n) is 5.93. The number of hydrogen-bond acceptors (Lipinski definition) is 6. The standard InChI is InChI=1S/C23H24N4O3.ClH/c1-29-18-11-16-17(12-19(18)30-2)21(13-3-5-15(28)6-4-13)25-23-20(16)22(26-27-23)14-7-9-24-10-8-14;/h3-6,11-12,14,24,28H,7-10H2,1-2H3,(H,25,26,27);1H. The predicted octanol–water partition coefficient (Wildman–Crippen LogP) is 4.39. The molecule has 162 valence electrons. The predicted molar refractivity (Wildman–Crippen MR) is 124 cm³/mol. The molecule has 3 heterocycles. The lowest BCUT2D eigenvalue weighted by Crippen LogP contribution is -2.26. The summed E-state index contributed by atoms with van der Waals surface area (Å²) < 4.78 is 11.2. The Morgan fingerprint density at radius 2 is 1.61 bits per heavy atom. The van der Waals surface area contributed by atoms with Gasteiger partial charge >= 0.3 is 0 Å². The molecule has 1 aliphatic rings. The average molecular weight is 441 g/mol. The number of hydrogen-bond donors (Lipinski definition) is 3. The molecule has 4 aromatic rings. The first-order valence-corrected chi connectivity index (χ1v) is 10.1. The number of aromatic nitrogens is 3. The minimum Gasteiger partial charge on any atom is -0.508 e. The number of aromatic hydroxyl groups is 1. The molecule has 0 aliphatic carbocycles. The summed E-state index contributed by atoms with van der Waals surface area (Å²) in [4.78, 5) is 4.91. The number of rotatable bonds is 4. The first kappa shape index (κ1) is 21.2. The summed E-state index contributed by atoms with van der Waals surface area (Å²) in [6.45, 7) is 2.00. The second-order valence-corrected chi connectivity index (χ2v) is 7.62. The molecule has 2 aromatic carbocycles. The Morgan fingerprint density at radius 3 is 2.26 bits per heavy atom. The Balaban J connectivity index is 0.00000231. The van der Waals surface area contributed by atoms with Gasteiger partial charge in [-0.3, -0.25) is 5.10 Å². The van der Waals surface area contributed by atoms with E-state index in [4.69, 9.17) is 14.5 Å². The van der Waals surface area contributed by atoms with Crippen LogP contribution in [0.25, 0.3) is 33.1 Å². The Labute approximate surface area is 186 Å². The molecule has 3 N–H and O–H groups in total. The fraction of sp³-hybridized carbons (Fsp3) is 0.304. The largest absolute Gasteiger partial charge is 0.508 e. The van der Waals surface area contributed by atoms with E-state index in [0.29, 0.717) is 23.1 Å². The van der Waals surface area contributed by atoms with E-state index in [1.807, 2.05) is 24.3 Å². The van der Waals surface area contributed by atoms with Gasteiger partial charge < -0.3 is 19.9 Å². The van der Waals surface area contributed by atoms with Crippen LogP contribution in [0.2, 0.25) is 0 Å². The maximum atomic E-state index is 9.71. The van der Waals surface area contributed by atoms with Crippen molar-refractivity contribution in [2.45, 2.75) is 18.8 Å². The number of fused-ring (bicyclic) bond motifs is 3. The number of phenols is 1. The van der Waals surface area contributed by atoms with Crippen LogP contribution in [-0.2, 0) is 0 Å². The topological polar surface area (TPSA) is 92.3 Å². The van der Waals surface area contributed by atoms with E-state index in [1.165, 1.54) is 0 Å². The highest BCUT2D eigenvalue weighted by Crippen LogP contribution is 2.42. The van der Waals surface area contributed by atoms with Crippen molar-refractivity contribution in [3.05, 3.63) is 42.1 Å². The first-order valence-electron chi connectivity index (χ1n) is 10.1. The molecule has 5 rings (SSSR count). The second-order valence-electron chi connectivity index (χ2n) is 7.62. The summed E-state index contributed by atoms with van der Waals surface area (Å²) >= 11 is 0. The Morgan fingerprint density at radius 1 is 0.968 bits per heavy atom. The van der Waals surface area contributed by atoms with Crippen LogP contribution in [0.1, 0.15) is 24.5 Å². The van der Waals surface area contributed by atoms with Gasteiger partial charge in [0.05, 0.1) is 25.3 Å². The number of nitrogens with one attached hydrogen (secondary N) is 2. The molecule has 0 saturated carbocycles. The molecule has 31 heavy (non-hydrogen) atoms. The number of nitrogens with zero attached hydrogens (tertiary/aromatic N) is 2. The number of piperidine rings is 1. The lowest BCUT2D eigenvalue weighted by Gasteiger charge is -2.22. The van der Waals surface area contributed by atoms with Crippen molar-refractivity contribution >= 4 is 34.2 Å². The number of pyridine rings is 1. The fourth-order valence-corrected chi connectivity index (χ4v) is 4.39. The molecule has 7 nitrogen and oxygen atoms in total. The van der Waals surface area contributed by atoms with Crippen molar-refractivity contribution < 1.29 is 14.6 Å². The summed E-state index contributed by atoms with van der Waals surface area (Å²) in [6.07, 6.45) is 2.12. The molecule has 0 bridgehead atoms. The minimum atomic E-state index is 0. The Hall–Kier alpha value is -3.03. The molecule has 1 fully saturated rings. The average Bonchev–Trinajstić information content (AvgIpc) is 3.23. The van der Waals surface area contributed by atoms with Crippen molar-refractivity contribution in [1.82, 2.24) is 20.5 Å². The summed E-state index contributed by atoms with van der Waals surface area (Å²) in [5.41, 5.74) is 3.51. The highest BCUT2D eigenvalue weighted by atomic mass is 35.5. The molecular weight excluding hydrogens is 416 g/mol. The van der Waals surface area contributed by atoms with Crippen molar-refractivity contribution in [2.24, 2.45) is 0 Å². The van der Waals surface area contributed by atoms with Gasteiger partial charge in [-0.15, -0.1) is 12.4 Å². The van der Waals surface area contributed by atoms with Crippen LogP contribution >= 0.6 is 12.4 Å². The summed E-state index contributed by atoms with van der Waals surface area (Å²) in [5, 5.41) is 24.0. The molecule has 0 amide bonds. The summed E-state index contributed by atoms with van der Waals surface area (Å²) in [6, 6.07) is 11.0. The zero-order valence-corrected chi connectivity index (χ0v) is 18.3. The van der Waals surface area contributed by atoms with E-state index in [9.17, 15) is 5.11 Å². The zero-order valence-electron chi connectivity index (χ0n) is 17.4. The molecule has 0 radical (unpaired) electrons. The normalized spacial score (nSPS) is 14.5. The van der Waals surface area contributed by atoms with Gasteiger partial charge in [0.15, 0.2) is 17.1 Å². The van der Waals surface area contributed by atoms with E-state index in [0.717, 1.165) is 59.0 Å². The minimum absolute atomic E-state index is 0. The molecular formula is C23H25ClN4O3. The van der Waals surface area contributed by atoms with Gasteiger partial charge in [-0.25, -0.2) is 4.98 Å². The first-order chi connectivity index (χ1) is 14.7. The number of halogens is 1. The lowest BCUT2D eigenvalue weighted by molar-refractivity contribution is 0.356. The maximum Gasteiger partial charge on any atom is 0.182 e. The smallest absolute Gasteiger partial charge is 0.182 e. The Bertz CT molecular complexity index is 1220. The zero-order chi connectivity index (χ0) is 20.7. The number of methoxy groups -OCH3 is 2. The highest BCUT2D eigenvalue weighted by molar-refractivity contribution is 6.12. The fourth-order valence-electron chi connectivity index (χ4n) is 4.39. The van der Waals surface area contributed by atoms with Crippen LogP contribution in [0, 0.1) is 0 Å². The van der Waals surface area contributed by atoms with Crippen LogP contribution in [0.4, 0.5) is 0 Å². The molecule has 0 unspecified atom stereocenters. The van der Waals surface area contributed by atoms with Crippen LogP contribution in [0.3, 0.4) is 0 Å². The third-order valence-corrected chi connectivity index (χ3v) is 5.93. The number of aromatic amines is 1. The molecule has 2 aromatic heterocycles. The van der Waals surface area contributed by atoms with E-state index >= 15 is 0 Å². The SMILES string of the molecule is COc1cc2c(-c3ccc(O)cc3)nc3n[nH]c(C4CCNCC4)c3c2cc1OC.Cl. The van der Waals surface area contributed by atoms with Crippen molar-refractivity contribution in [1.29, 1.82) is 0 Å². The monoisotopic (exact) mass is 440 g/mol. The maximum absolute atomic E-state index is 9.71. The van der Waals surface area contributed by atoms with Crippen molar-refractivity contribution in [2.75, 3.05) is 27.3 Å². The summed E-state index contributed by atoms with van der Waals surface area (Å²) in [5.74, 6) is 1.95. The Kier molecular flexibility index (Phi) is 5.89. The van der Waals surface area contributed by atoms with Crippen LogP contribution in [0.15, 0.2) is 36.4 Å². The lowest BCUT2D eigenvalue weighted by atomic mass is 9.91. The molecule has 0 spiro atoms. The molecule has 1 saturated heterocycles. The van der Waals surface area contributed by atoms with Gasteiger partial charge in [0.25, 0.3) is 0 Å². The van der Waals surface area contributed by atoms with Crippen molar-refractivity contribution in [3.8, 4) is 28.5 Å². The van der Waals surface area contributed by atoms with E-state index in [-0.39, 0.29) is 18.2 Å². The summed E-state index contributed by atoms with van der Waals surface area (Å²) in [7, 11) is 3.28.